The minimum Gasteiger partial charge on any atom is -0.478 e. The summed E-state index contributed by atoms with van der Waals surface area (Å²) in [6, 6.07) is 14.5. The standard InChI is InChI=1S/C20H16BrNO3/c1-12-9-14(20(23)24)3-6-17(12)19-8-5-16(25-19)11-22-15-4-7-18(21)13(2)10-15/h3-11H,1-2H3,(H,23,24). The van der Waals surface area contributed by atoms with E-state index < -0.39 is 5.97 Å². The molecule has 3 aromatic rings. The van der Waals surface area contributed by atoms with Gasteiger partial charge in [0.2, 0.25) is 0 Å². The number of carboxylic acids is 1. The van der Waals surface area contributed by atoms with Crippen molar-refractivity contribution in [1.29, 1.82) is 0 Å². The van der Waals surface area contributed by atoms with E-state index >= 15 is 0 Å². The number of carbonyl (C=O) groups is 1. The molecule has 1 N–H and O–H groups in total. The maximum atomic E-state index is 11.0. The first-order valence-electron chi connectivity index (χ1n) is 7.68. The van der Waals surface area contributed by atoms with Gasteiger partial charge in [-0.15, -0.1) is 0 Å². The highest BCUT2D eigenvalue weighted by atomic mass is 79.9. The number of aryl methyl sites for hydroxylation is 2. The number of halogens is 1. The van der Waals surface area contributed by atoms with Crippen molar-refractivity contribution in [2.24, 2.45) is 4.99 Å². The highest BCUT2D eigenvalue weighted by molar-refractivity contribution is 9.10. The zero-order chi connectivity index (χ0) is 18.0. The van der Waals surface area contributed by atoms with Gasteiger partial charge in [0.15, 0.2) is 0 Å². The third-order valence-corrected chi connectivity index (χ3v) is 4.74. The Morgan fingerprint density at radius 2 is 1.88 bits per heavy atom. The zero-order valence-corrected chi connectivity index (χ0v) is 15.4. The fraction of sp³-hybridized carbons (Fsp3) is 0.100. The summed E-state index contributed by atoms with van der Waals surface area (Å²) in [5.41, 5.74) is 3.94. The van der Waals surface area contributed by atoms with E-state index in [1.807, 2.05) is 44.2 Å². The maximum Gasteiger partial charge on any atom is 0.335 e. The first-order valence-corrected chi connectivity index (χ1v) is 8.48. The SMILES string of the molecule is Cc1cc(N=Cc2ccc(-c3ccc(C(=O)O)cc3C)o2)ccc1Br. The van der Waals surface area contributed by atoms with Crippen LogP contribution in [0.3, 0.4) is 0 Å². The van der Waals surface area contributed by atoms with E-state index in [1.54, 1.807) is 24.4 Å². The van der Waals surface area contributed by atoms with Gasteiger partial charge < -0.3 is 9.52 Å². The minimum absolute atomic E-state index is 0.264. The molecule has 0 amide bonds. The van der Waals surface area contributed by atoms with Crippen molar-refractivity contribution in [1.82, 2.24) is 0 Å². The number of hydrogen-bond donors (Lipinski definition) is 1. The van der Waals surface area contributed by atoms with Crippen molar-refractivity contribution in [3.8, 4) is 11.3 Å². The van der Waals surface area contributed by atoms with Crippen molar-refractivity contribution < 1.29 is 14.3 Å². The van der Waals surface area contributed by atoms with E-state index in [0.717, 1.165) is 26.9 Å². The summed E-state index contributed by atoms with van der Waals surface area (Å²) in [7, 11) is 0. The predicted molar refractivity (Wildman–Crippen MR) is 102 cm³/mol. The van der Waals surface area contributed by atoms with Crippen LogP contribution in [-0.4, -0.2) is 17.3 Å². The molecule has 0 bridgehead atoms. The van der Waals surface area contributed by atoms with Gasteiger partial charge >= 0.3 is 5.97 Å². The number of rotatable bonds is 4. The molecule has 25 heavy (non-hydrogen) atoms. The summed E-state index contributed by atoms with van der Waals surface area (Å²) in [4.78, 5) is 15.5. The summed E-state index contributed by atoms with van der Waals surface area (Å²) in [6.45, 7) is 3.88. The van der Waals surface area contributed by atoms with Gasteiger partial charge in [0, 0.05) is 10.0 Å². The van der Waals surface area contributed by atoms with Crippen molar-refractivity contribution in [2.45, 2.75) is 13.8 Å². The lowest BCUT2D eigenvalue weighted by atomic mass is 10.0. The van der Waals surface area contributed by atoms with Crippen molar-refractivity contribution >= 4 is 33.8 Å². The number of benzene rings is 2. The molecule has 0 spiro atoms. The van der Waals surface area contributed by atoms with Crippen LogP contribution in [0.4, 0.5) is 5.69 Å². The lowest BCUT2D eigenvalue weighted by Gasteiger charge is -2.03. The Morgan fingerprint density at radius 1 is 1.08 bits per heavy atom. The topological polar surface area (TPSA) is 62.8 Å². The third kappa shape index (κ3) is 3.88. The Labute approximate surface area is 154 Å². The molecule has 0 radical (unpaired) electrons. The van der Waals surface area contributed by atoms with Gasteiger partial charge in [-0.25, -0.2) is 4.79 Å². The fourth-order valence-electron chi connectivity index (χ4n) is 2.49. The van der Waals surface area contributed by atoms with E-state index in [1.165, 1.54) is 0 Å². The van der Waals surface area contributed by atoms with E-state index in [4.69, 9.17) is 9.52 Å². The second-order valence-corrected chi connectivity index (χ2v) is 6.58. The van der Waals surface area contributed by atoms with Crippen LogP contribution in [0.1, 0.15) is 27.2 Å². The van der Waals surface area contributed by atoms with Gasteiger partial charge in [-0.05, 0) is 67.4 Å². The number of furan rings is 1. The number of carboxylic acid groups (broad SMARTS) is 1. The maximum absolute atomic E-state index is 11.0. The minimum atomic E-state index is -0.938. The smallest absolute Gasteiger partial charge is 0.335 e. The molecular formula is C20H16BrNO3. The van der Waals surface area contributed by atoms with E-state index in [0.29, 0.717) is 11.5 Å². The Kier molecular flexibility index (Phi) is 4.86. The van der Waals surface area contributed by atoms with Crippen LogP contribution in [0.2, 0.25) is 0 Å². The summed E-state index contributed by atoms with van der Waals surface area (Å²) < 4.78 is 6.87. The highest BCUT2D eigenvalue weighted by Crippen LogP contribution is 2.27. The van der Waals surface area contributed by atoms with Crippen LogP contribution in [0.25, 0.3) is 11.3 Å². The molecule has 126 valence electrons. The molecule has 1 aromatic heterocycles. The lowest BCUT2D eigenvalue weighted by molar-refractivity contribution is 0.0697. The average Bonchev–Trinajstić information content (AvgIpc) is 3.04. The van der Waals surface area contributed by atoms with Crippen LogP contribution >= 0.6 is 15.9 Å². The second-order valence-electron chi connectivity index (χ2n) is 5.73. The Balaban J connectivity index is 1.84. The van der Waals surface area contributed by atoms with Gasteiger partial charge in [0.1, 0.15) is 11.5 Å². The van der Waals surface area contributed by atoms with Crippen LogP contribution in [0.5, 0.6) is 0 Å². The molecule has 3 rings (SSSR count). The van der Waals surface area contributed by atoms with Crippen LogP contribution in [0.15, 0.2) is 62.4 Å². The summed E-state index contributed by atoms with van der Waals surface area (Å²) in [6.07, 6.45) is 1.67. The molecule has 0 unspecified atom stereocenters. The normalized spacial score (nSPS) is 11.2. The average molecular weight is 398 g/mol. The Morgan fingerprint density at radius 3 is 2.56 bits per heavy atom. The van der Waals surface area contributed by atoms with Gasteiger partial charge in [-0.3, -0.25) is 4.99 Å². The summed E-state index contributed by atoms with van der Waals surface area (Å²) in [5, 5.41) is 9.05. The molecular weight excluding hydrogens is 382 g/mol. The van der Waals surface area contributed by atoms with Crippen LogP contribution < -0.4 is 0 Å². The molecule has 0 aliphatic heterocycles. The van der Waals surface area contributed by atoms with E-state index in [2.05, 4.69) is 20.9 Å². The molecule has 0 atom stereocenters. The fourth-order valence-corrected chi connectivity index (χ4v) is 2.73. The van der Waals surface area contributed by atoms with Crippen LogP contribution in [-0.2, 0) is 0 Å². The Bertz CT molecular complexity index is 973. The molecule has 5 heteroatoms. The van der Waals surface area contributed by atoms with Gasteiger partial charge in [0.25, 0.3) is 0 Å². The number of nitrogens with zero attached hydrogens (tertiary/aromatic N) is 1. The summed E-state index contributed by atoms with van der Waals surface area (Å²) in [5.74, 6) is 0.381. The first kappa shape index (κ1) is 17.2. The lowest BCUT2D eigenvalue weighted by Crippen LogP contribution is -1.96. The monoisotopic (exact) mass is 397 g/mol. The van der Waals surface area contributed by atoms with E-state index in [9.17, 15) is 4.79 Å². The zero-order valence-electron chi connectivity index (χ0n) is 13.8. The van der Waals surface area contributed by atoms with E-state index in [-0.39, 0.29) is 5.56 Å². The molecule has 2 aromatic carbocycles. The molecule has 1 heterocycles. The van der Waals surface area contributed by atoms with Crippen molar-refractivity contribution in [3.63, 3.8) is 0 Å². The molecule has 0 fully saturated rings. The predicted octanol–water partition coefficient (Wildman–Crippen LogP) is 5.77. The van der Waals surface area contributed by atoms with Gasteiger partial charge in [0.05, 0.1) is 17.5 Å². The van der Waals surface area contributed by atoms with Gasteiger partial charge in [-0.1, -0.05) is 22.0 Å². The van der Waals surface area contributed by atoms with Crippen molar-refractivity contribution in [3.05, 3.63) is 75.5 Å². The van der Waals surface area contributed by atoms with Gasteiger partial charge in [-0.2, -0.15) is 0 Å². The number of aliphatic imine (C=N–C) groups is 1. The number of hydrogen-bond acceptors (Lipinski definition) is 3. The molecule has 0 saturated heterocycles. The second kappa shape index (κ2) is 7.07. The first-order chi connectivity index (χ1) is 11.9. The quantitative estimate of drug-likeness (QED) is 0.567. The van der Waals surface area contributed by atoms with Crippen LogP contribution in [0, 0.1) is 13.8 Å². The number of aromatic carboxylic acids is 1. The third-order valence-electron chi connectivity index (χ3n) is 3.85. The largest absolute Gasteiger partial charge is 0.478 e. The molecule has 0 aliphatic rings. The Hall–Kier alpha value is -2.66. The molecule has 4 nitrogen and oxygen atoms in total. The molecule has 0 aliphatic carbocycles. The van der Waals surface area contributed by atoms with Crippen molar-refractivity contribution in [2.75, 3.05) is 0 Å². The molecule has 0 saturated carbocycles. The summed E-state index contributed by atoms with van der Waals surface area (Å²) >= 11 is 3.47. The highest BCUT2D eigenvalue weighted by Gasteiger charge is 2.10.